The molecule has 0 saturated carbocycles. The van der Waals surface area contributed by atoms with Gasteiger partial charge in [0.2, 0.25) is 5.95 Å². The predicted octanol–water partition coefficient (Wildman–Crippen LogP) is 4.04. The molecule has 1 atom stereocenters. The van der Waals surface area contributed by atoms with Crippen LogP contribution in [0.4, 0.5) is 10.3 Å². The van der Waals surface area contributed by atoms with Crippen molar-refractivity contribution >= 4 is 18.4 Å². The summed E-state index contributed by atoms with van der Waals surface area (Å²) in [6.07, 6.45) is 3.97. The number of hydrogen-bond donors (Lipinski definition) is 3. The minimum absolute atomic E-state index is 0. The van der Waals surface area contributed by atoms with Gasteiger partial charge in [-0.1, -0.05) is 42.5 Å². The van der Waals surface area contributed by atoms with Crippen molar-refractivity contribution in [2.24, 2.45) is 5.73 Å². The van der Waals surface area contributed by atoms with Crippen molar-refractivity contribution in [1.82, 2.24) is 15.0 Å². The minimum atomic E-state index is -0.371. The minimum Gasteiger partial charge on any atom is -0.354 e. The fourth-order valence-electron chi connectivity index (χ4n) is 3.38. The first-order valence-electron chi connectivity index (χ1n) is 9.94. The van der Waals surface area contributed by atoms with E-state index in [1.54, 1.807) is 36.7 Å². The second kappa shape index (κ2) is 10.7. The van der Waals surface area contributed by atoms with Gasteiger partial charge in [0.15, 0.2) is 0 Å². The van der Waals surface area contributed by atoms with E-state index in [2.05, 4.69) is 20.3 Å². The Bertz CT molecular complexity index is 1200. The van der Waals surface area contributed by atoms with Crippen molar-refractivity contribution in [2.75, 3.05) is 11.9 Å². The van der Waals surface area contributed by atoms with E-state index in [9.17, 15) is 9.18 Å². The third-order valence-electron chi connectivity index (χ3n) is 4.88. The zero-order valence-corrected chi connectivity index (χ0v) is 18.0. The van der Waals surface area contributed by atoms with Gasteiger partial charge in [0.25, 0.3) is 5.56 Å². The van der Waals surface area contributed by atoms with Gasteiger partial charge >= 0.3 is 0 Å². The maximum Gasteiger partial charge on any atom is 0.260 e. The summed E-state index contributed by atoms with van der Waals surface area (Å²) in [5.74, 6) is -0.0459. The fraction of sp³-hybridized carbons (Fsp3) is 0.125. The van der Waals surface area contributed by atoms with Crippen LogP contribution < -0.4 is 16.6 Å². The molecule has 0 amide bonds. The van der Waals surface area contributed by atoms with Gasteiger partial charge in [-0.2, -0.15) is 0 Å². The molecule has 6 nitrogen and oxygen atoms in total. The summed E-state index contributed by atoms with van der Waals surface area (Å²) in [5.41, 5.74) is 9.23. The number of benzene rings is 2. The average Bonchev–Trinajstić information content (AvgIpc) is 2.79. The highest BCUT2D eigenvalue weighted by atomic mass is 35.5. The molecule has 164 valence electrons. The molecule has 32 heavy (non-hydrogen) atoms. The molecule has 1 unspecified atom stereocenters. The van der Waals surface area contributed by atoms with E-state index < -0.39 is 0 Å². The van der Waals surface area contributed by atoms with Crippen LogP contribution in [0, 0.1) is 5.82 Å². The lowest BCUT2D eigenvalue weighted by atomic mass is 10.0. The molecule has 2 heterocycles. The highest BCUT2D eigenvalue weighted by Gasteiger charge is 2.16. The van der Waals surface area contributed by atoms with E-state index in [1.165, 1.54) is 12.1 Å². The summed E-state index contributed by atoms with van der Waals surface area (Å²) in [6, 6.07) is 19.1. The van der Waals surface area contributed by atoms with Crippen LogP contribution in [-0.2, 0) is 6.42 Å². The molecular weight excluding hydrogens is 429 g/mol. The first-order chi connectivity index (χ1) is 15.1. The number of halogens is 2. The van der Waals surface area contributed by atoms with E-state index in [4.69, 9.17) is 5.73 Å². The maximum absolute atomic E-state index is 13.4. The van der Waals surface area contributed by atoms with E-state index in [0.29, 0.717) is 35.7 Å². The third-order valence-corrected chi connectivity index (χ3v) is 4.88. The zero-order valence-electron chi connectivity index (χ0n) is 17.2. The highest BCUT2D eigenvalue weighted by molar-refractivity contribution is 5.85. The number of aromatic amines is 1. The monoisotopic (exact) mass is 451 g/mol. The third kappa shape index (κ3) is 5.57. The Morgan fingerprint density at radius 2 is 1.66 bits per heavy atom. The van der Waals surface area contributed by atoms with E-state index in [0.717, 1.165) is 11.1 Å². The van der Waals surface area contributed by atoms with Crippen molar-refractivity contribution in [2.45, 2.75) is 12.5 Å². The van der Waals surface area contributed by atoms with Gasteiger partial charge in [-0.05, 0) is 41.8 Å². The van der Waals surface area contributed by atoms with Crippen LogP contribution in [0.3, 0.4) is 0 Å². The van der Waals surface area contributed by atoms with Crippen molar-refractivity contribution in [3.05, 3.63) is 101 Å². The Balaban J connectivity index is 0.00000289. The molecule has 2 aromatic carbocycles. The largest absolute Gasteiger partial charge is 0.354 e. The first-order valence-corrected chi connectivity index (χ1v) is 9.94. The number of rotatable bonds is 7. The molecule has 0 saturated heterocycles. The number of nitrogens with one attached hydrogen (secondary N) is 2. The van der Waals surface area contributed by atoms with Crippen molar-refractivity contribution in [3.8, 4) is 22.4 Å². The van der Waals surface area contributed by atoms with Crippen LogP contribution in [0.25, 0.3) is 22.4 Å². The summed E-state index contributed by atoms with van der Waals surface area (Å²) in [4.78, 5) is 24.4. The van der Waals surface area contributed by atoms with Crippen LogP contribution in [0.15, 0.2) is 83.9 Å². The number of H-pyrrole nitrogens is 1. The lowest BCUT2D eigenvalue weighted by Gasteiger charge is -2.15. The fourth-order valence-corrected chi connectivity index (χ4v) is 3.38. The average molecular weight is 452 g/mol. The van der Waals surface area contributed by atoms with Crippen LogP contribution in [0.5, 0.6) is 0 Å². The molecule has 0 aliphatic carbocycles. The van der Waals surface area contributed by atoms with Gasteiger partial charge in [-0.25, -0.2) is 9.37 Å². The van der Waals surface area contributed by atoms with Gasteiger partial charge in [0.1, 0.15) is 5.82 Å². The number of nitrogens with two attached hydrogens (primary N) is 1. The molecule has 8 heteroatoms. The molecule has 0 aliphatic rings. The molecule has 0 spiro atoms. The van der Waals surface area contributed by atoms with E-state index >= 15 is 0 Å². The van der Waals surface area contributed by atoms with Crippen molar-refractivity contribution in [1.29, 1.82) is 0 Å². The summed E-state index contributed by atoms with van der Waals surface area (Å²) < 4.78 is 13.4. The van der Waals surface area contributed by atoms with Crippen molar-refractivity contribution < 1.29 is 4.39 Å². The van der Waals surface area contributed by atoms with Gasteiger partial charge in [0, 0.05) is 30.5 Å². The summed E-state index contributed by atoms with van der Waals surface area (Å²) in [7, 11) is 0. The highest BCUT2D eigenvalue weighted by Crippen LogP contribution is 2.28. The van der Waals surface area contributed by atoms with Crippen molar-refractivity contribution in [3.63, 3.8) is 0 Å². The summed E-state index contributed by atoms with van der Waals surface area (Å²) >= 11 is 0. The number of pyridine rings is 1. The van der Waals surface area contributed by atoms with Gasteiger partial charge < -0.3 is 11.1 Å². The Kier molecular flexibility index (Phi) is 7.70. The Hall–Kier alpha value is -3.55. The van der Waals surface area contributed by atoms with Crippen LogP contribution >= 0.6 is 12.4 Å². The molecular formula is C24H23ClFN5O. The molecule has 0 radical (unpaired) electrons. The van der Waals surface area contributed by atoms with Gasteiger partial charge in [-0.3, -0.25) is 14.8 Å². The molecule has 0 aliphatic heterocycles. The Morgan fingerprint density at radius 1 is 0.969 bits per heavy atom. The molecule has 4 aromatic rings. The second-order valence-electron chi connectivity index (χ2n) is 7.21. The lowest BCUT2D eigenvalue weighted by molar-refractivity contribution is 0.628. The van der Waals surface area contributed by atoms with Crippen LogP contribution in [0.2, 0.25) is 0 Å². The Morgan fingerprint density at radius 3 is 2.34 bits per heavy atom. The van der Waals surface area contributed by atoms with E-state index in [-0.39, 0.29) is 29.8 Å². The van der Waals surface area contributed by atoms with Gasteiger partial charge in [-0.15, -0.1) is 12.4 Å². The molecule has 2 aromatic heterocycles. The van der Waals surface area contributed by atoms with Gasteiger partial charge in [0.05, 0.1) is 11.3 Å². The number of nitrogens with zero attached hydrogens (tertiary/aromatic N) is 2. The Labute approximate surface area is 191 Å². The summed E-state index contributed by atoms with van der Waals surface area (Å²) in [6.45, 7) is 0.434. The number of anilines is 1. The molecule has 0 bridgehead atoms. The zero-order chi connectivity index (χ0) is 21.6. The summed E-state index contributed by atoms with van der Waals surface area (Å²) in [5, 5.41) is 3.14. The molecule has 4 rings (SSSR count). The second-order valence-corrected chi connectivity index (χ2v) is 7.21. The number of hydrogen-bond acceptors (Lipinski definition) is 5. The quantitative estimate of drug-likeness (QED) is 0.394. The van der Waals surface area contributed by atoms with Crippen LogP contribution in [-0.4, -0.2) is 27.5 Å². The predicted molar refractivity (Wildman–Crippen MR) is 127 cm³/mol. The molecule has 0 fully saturated rings. The maximum atomic E-state index is 13.4. The number of aromatic nitrogens is 3. The molecule has 4 N–H and O–H groups in total. The standard InChI is InChI=1S/C24H22FN5O.ClH/c25-19-8-6-17(7-9-19)21-22(18-10-12-27-13-11-18)29-24(30-23(21)31)28-15-20(26)14-16-4-2-1-3-5-16;/h1-13,20H,14-15,26H2,(H2,28,29,30,31);1H. The lowest BCUT2D eigenvalue weighted by Crippen LogP contribution is -2.32. The van der Waals surface area contributed by atoms with E-state index in [1.807, 2.05) is 30.3 Å². The SMILES string of the molecule is Cl.NC(CNc1nc(-c2ccncc2)c(-c2ccc(F)cc2)c(=O)[nH]1)Cc1ccccc1. The van der Waals surface area contributed by atoms with Crippen LogP contribution in [0.1, 0.15) is 5.56 Å². The normalized spacial score (nSPS) is 11.4. The first kappa shape index (κ1) is 23.1. The smallest absolute Gasteiger partial charge is 0.260 e. The topological polar surface area (TPSA) is 96.7 Å².